The number of benzene rings is 1. The fraction of sp³-hybridized carbons (Fsp3) is 0.760. The summed E-state index contributed by atoms with van der Waals surface area (Å²) in [5, 5.41) is 104. The van der Waals surface area contributed by atoms with E-state index in [-0.39, 0.29) is 12.3 Å². The molecule has 3 fully saturated rings. The zero-order valence-electron chi connectivity index (χ0n) is 22.8. The minimum atomic E-state index is -1.84. The third-order valence-electron chi connectivity index (χ3n) is 7.60. The Morgan fingerprint density at radius 2 is 1.26 bits per heavy atom. The van der Waals surface area contributed by atoms with Crippen LogP contribution in [-0.4, -0.2) is 156 Å². The number of rotatable bonds is 10. The quantitative estimate of drug-likeness (QED) is 0.0878. The summed E-state index contributed by atoms with van der Waals surface area (Å²) in [7, 11) is 0. The van der Waals surface area contributed by atoms with Crippen LogP contribution in [0.25, 0.3) is 0 Å². The number of hydrogen-bond donors (Lipinski definition) is 9. The first-order chi connectivity index (χ1) is 20.4. The predicted molar refractivity (Wildman–Crippen MR) is 136 cm³/mol. The molecule has 15 atom stereocenters. The van der Waals surface area contributed by atoms with E-state index < -0.39 is 110 Å². The molecule has 3 saturated heterocycles. The van der Waals surface area contributed by atoms with Gasteiger partial charge in [0.15, 0.2) is 18.9 Å². The van der Waals surface area contributed by atoms with E-state index in [0.29, 0.717) is 5.56 Å². The number of ether oxygens (including phenoxy) is 6. The van der Waals surface area contributed by atoms with E-state index >= 15 is 0 Å². The van der Waals surface area contributed by atoms with Crippen molar-refractivity contribution in [2.24, 2.45) is 0 Å². The molecule has 43 heavy (non-hydrogen) atoms. The second-order valence-corrected chi connectivity index (χ2v) is 10.5. The van der Waals surface area contributed by atoms with Crippen molar-refractivity contribution in [2.75, 3.05) is 13.2 Å². The molecule has 18 heteroatoms. The molecule has 0 aliphatic carbocycles. The lowest BCUT2D eigenvalue weighted by molar-refractivity contribution is -0.387. The van der Waals surface area contributed by atoms with E-state index in [9.17, 15) is 56.1 Å². The molecule has 0 aromatic heterocycles. The summed E-state index contributed by atoms with van der Waals surface area (Å²) in [5.41, 5.74) is 0.335. The maximum Gasteiger partial charge on any atom is 0.269 e. The number of non-ortho nitro benzene ring substituents is 1. The van der Waals surface area contributed by atoms with E-state index in [2.05, 4.69) is 0 Å². The van der Waals surface area contributed by atoms with Gasteiger partial charge in [0.2, 0.25) is 0 Å². The summed E-state index contributed by atoms with van der Waals surface area (Å²) in [6.45, 7) is -0.366. The molecule has 0 unspecified atom stereocenters. The lowest BCUT2D eigenvalue weighted by atomic mass is 9.96. The minimum Gasteiger partial charge on any atom is -0.394 e. The van der Waals surface area contributed by atoms with Crippen molar-refractivity contribution in [1.82, 2.24) is 0 Å². The highest BCUT2D eigenvalue weighted by molar-refractivity contribution is 5.32. The Balaban J connectivity index is 1.47. The highest BCUT2D eigenvalue weighted by atomic mass is 16.8. The van der Waals surface area contributed by atoms with E-state index in [1.165, 1.54) is 31.2 Å². The molecule has 0 amide bonds. The first-order valence-corrected chi connectivity index (χ1v) is 13.5. The summed E-state index contributed by atoms with van der Waals surface area (Å²) in [6.07, 6.45) is -24.1. The van der Waals surface area contributed by atoms with Crippen molar-refractivity contribution >= 4 is 5.69 Å². The number of nitro benzene ring substituents is 1. The average molecular weight is 624 g/mol. The van der Waals surface area contributed by atoms with E-state index in [1.54, 1.807) is 0 Å². The maximum atomic E-state index is 10.9. The number of nitrogens with zero attached hydrogens (tertiary/aromatic N) is 1. The molecule has 9 N–H and O–H groups in total. The predicted octanol–water partition coefficient (Wildman–Crippen LogP) is -4.41. The van der Waals surface area contributed by atoms with Gasteiger partial charge in [-0.2, -0.15) is 0 Å². The molecule has 0 spiro atoms. The molecule has 244 valence electrons. The average Bonchev–Trinajstić information content (AvgIpc) is 3.00. The summed E-state index contributed by atoms with van der Waals surface area (Å²) < 4.78 is 33.5. The highest BCUT2D eigenvalue weighted by Gasteiger charge is 2.53. The second kappa shape index (κ2) is 14.4. The molecular weight excluding hydrogens is 586 g/mol. The van der Waals surface area contributed by atoms with Gasteiger partial charge in [-0.15, -0.1) is 0 Å². The Kier molecular flexibility index (Phi) is 11.4. The minimum absolute atomic E-state index is 0.144. The van der Waals surface area contributed by atoms with Crippen molar-refractivity contribution in [3.8, 4) is 0 Å². The smallest absolute Gasteiger partial charge is 0.269 e. The molecule has 1 aromatic carbocycles. The van der Waals surface area contributed by atoms with Gasteiger partial charge >= 0.3 is 0 Å². The summed E-state index contributed by atoms with van der Waals surface area (Å²) in [4.78, 5) is 10.3. The van der Waals surface area contributed by atoms with Gasteiger partial charge in [0.25, 0.3) is 5.69 Å². The van der Waals surface area contributed by atoms with Gasteiger partial charge in [-0.05, 0) is 24.6 Å². The molecule has 3 aliphatic heterocycles. The normalized spacial score (nSPS) is 43.8. The van der Waals surface area contributed by atoms with Crippen LogP contribution >= 0.6 is 0 Å². The molecule has 18 nitrogen and oxygen atoms in total. The highest BCUT2D eigenvalue weighted by Crippen LogP contribution is 2.33. The topological polar surface area (TPSA) is 281 Å². The number of aliphatic hydroxyl groups excluding tert-OH is 9. The zero-order valence-corrected chi connectivity index (χ0v) is 22.8. The largest absolute Gasteiger partial charge is 0.394 e. The second-order valence-electron chi connectivity index (χ2n) is 10.5. The van der Waals surface area contributed by atoms with Gasteiger partial charge in [-0.3, -0.25) is 10.1 Å². The monoisotopic (exact) mass is 623 g/mol. The van der Waals surface area contributed by atoms with Crippen LogP contribution in [0, 0.1) is 10.1 Å². The van der Waals surface area contributed by atoms with Gasteiger partial charge in [-0.1, -0.05) is 0 Å². The zero-order chi connectivity index (χ0) is 31.6. The molecule has 4 rings (SSSR count). The van der Waals surface area contributed by atoms with Crippen LogP contribution in [-0.2, 0) is 35.0 Å². The van der Waals surface area contributed by atoms with Crippen LogP contribution in [0.4, 0.5) is 5.69 Å². The number of hydrogen-bond acceptors (Lipinski definition) is 17. The SMILES string of the molecule is C[C@@H]1O[C@@H](O[C@H]2[C@H](O[C@H]3[C@H](O)[C@@H](O)[C@H](OCc4ccc([N+](=O)[O-])cc4)O[C@@H]3CO)O[C@H](CO)[C@H](O)[C@@H]2O)[C@@H](O)[C@H](O)[C@@H]1O. The Hall–Kier alpha value is -1.98. The van der Waals surface area contributed by atoms with Gasteiger partial charge in [0.1, 0.15) is 67.1 Å². The van der Waals surface area contributed by atoms with Crippen LogP contribution in [0.2, 0.25) is 0 Å². The lowest BCUT2D eigenvalue weighted by Gasteiger charge is -2.48. The molecule has 0 saturated carbocycles. The maximum absolute atomic E-state index is 10.9. The molecule has 3 heterocycles. The summed E-state index contributed by atoms with van der Waals surface area (Å²) in [5.74, 6) is 0. The van der Waals surface area contributed by atoms with Gasteiger partial charge < -0.3 is 74.4 Å². The molecule has 0 radical (unpaired) electrons. The summed E-state index contributed by atoms with van der Waals surface area (Å²) in [6, 6.07) is 5.34. The van der Waals surface area contributed by atoms with E-state index in [1.807, 2.05) is 0 Å². The van der Waals surface area contributed by atoms with Crippen LogP contribution < -0.4 is 0 Å². The molecular formula is C25H37NO17. The first kappa shape index (κ1) is 33.9. The van der Waals surface area contributed by atoms with Gasteiger partial charge in [0.05, 0.1) is 30.8 Å². The molecule has 3 aliphatic rings. The van der Waals surface area contributed by atoms with Crippen LogP contribution in [0.3, 0.4) is 0 Å². The van der Waals surface area contributed by atoms with Crippen molar-refractivity contribution in [2.45, 2.75) is 106 Å². The number of aliphatic hydroxyl groups is 9. The van der Waals surface area contributed by atoms with Crippen molar-refractivity contribution < 1.29 is 79.3 Å². The van der Waals surface area contributed by atoms with E-state index in [4.69, 9.17) is 28.4 Å². The molecule has 0 bridgehead atoms. The lowest BCUT2D eigenvalue weighted by Crippen LogP contribution is -2.66. The Bertz CT molecular complexity index is 1050. The van der Waals surface area contributed by atoms with Crippen LogP contribution in [0.1, 0.15) is 12.5 Å². The van der Waals surface area contributed by atoms with Crippen LogP contribution in [0.15, 0.2) is 24.3 Å². The van der Waals surface area contributed by atoms with Crippen LogP contribution in [0.5, 0.6) is 0 Å². The Morgan fingerprint density at radius 1 is 0.698 bits per heavy atom. The molecule has 1 aromatic rings. The number of nitro groups is 1. The Morgan fingerprint density at radius 3 is 1.86 bits per heavy atom. The van der Waals surface area contributed by atoms with Crippen molar-refractivity contribution in [3.63, 3.8) is 0 Å². The Labute approximate surface area is 244 Å². The fourth-order valence-electron chi connectivity index (χ4n) is 5.00. The van der Waals surface area contributed by atoms with E-state index in [0.717, 1.165) is 0 Å². The van der Waals surface area contributed by atoms with Crippen molar-refractivity contribution in [1.29, 1.82) is 0 Å². The third-order valence-corrected chi connectivity index (χ3v) is 7.60. The van der Waals surface area contributed by atoms with Gasteiger partial charge in [0, 0.05) is 12.1 Å². The van der Waals surface area contributed by atoms with Crippen molar-refractivity contribution in [3.05, 3.63) is 39.9 Å². The first-order valence-electron chi connectivity index (χ1n) is 13.5. The standard InChI is InChI=1S/C25H37NO17/c1-9-14(29)16(31)19(34)24(39-9)43-22-17(32)15(30)12(6-27)40-25(22)42-21-13(7-28)41-23(20(35)18(21)33)38-8-10-2-4-11(5-3-10)26(36)37/h2-5,9,12-25,27-35H,6-8H2,1H3/t9-,12+,13+,14+,15-,16+,17-,18+,19-,20+,21+,22+,23+,24-,25-/m0/s1. The summed E-state index contributed by atoms with van der Waals surface area (Å²) >= 11 is 0. The van der Waals surface area contributed by atoms with Gasteiger partial charge in [-0.25, -0.2) is 0 Å². The third kappa shape index (κ3) is 7.30. The fourth-order valence-corrected chi connectivity index (χ4v) is 5.00.